The fourth-order valence-electron chi connectivity index (χ4n) is 8.54. The van der Waals surface area contributed by atoms with Gasteiger partial charge in [0.2, 0.25) is 0 Å². The lowest BCUT2D eigenvalue weighted by atomic mass is 9.89. The van der Waals surface area contributed by atoms with E-state index in [1.165, 1.54) is 0 Å². The molecule has 0 fully saturated rings. The molecule has 11 aromatic rings. The van der Waals surface area contributed by atoms with E-state index in [1.807, 2.05) is 54.6 Å². The average molecular weight is 818 g/mol. The molecule has 64 heavy (non-hydrogen) atoms. The summed E-state index contributed by atoms with van der Waals surface area (Å²) in [5, 5.41) is 1.01. The van der Waals surface area contributed by atoms with Crippen LogP contribution < -0.4 is 0 Å². The summed E-state index contributed by atoms with van der Waals surface area (Å²) < 4.78 is 0. The minimum absolute atomic E-state index is 0.577. The van der Waals surface area contributed by atoms with Gasteiger partial charge in [-0.05, 0) is 56.6 Å². The van der Waals surface area contributed by atoms with Gasteiger partial charge in [-0.2, -0.15) is 0 Å². The zero-order valence-electron chi connectivity index (χ0n) is 34.8. The Kier molecular flexibility index (Phi) is 10.2. The van der Waals surface area contributed by atoms with E-state index in [9.17, 15) is 0 Å². The molecule has 0 unspecified atom stereocenters. The standard InChI is InChI=1S/C59H39N5/c1-6-21-40(22-7-1)46-34-20-35-47(41-23-8-2-9-24-41)54(46)59-63-56(44-29-14-5-15-30-44)62-57(64-59)45-37-38-49(52(39-45)42-25-10-3-11-26-42)48-31-16-17-32-50(48)58-60-53-36-19-18-33-51(53)55(61-58)43-27-12-4-13-28-43/h1-39H. The Morgan fingerprint density at radius 1 is 0.219 bits per heavy atom. The van der Waals surface area contributed by atoms with Gasteiger partial charge in [0.25, 0.3) is 0 Å². The normalized spacial score (nSPS) is 11.1. The number of aromatic nitrogens is 5. The van der Waals surface area contributed by atoms with Crippen molar-refractivity contribution in [1.29, 1.82) is 0 Å². The van der Waals surface area contributed by atoms with Gasteiger partial charge in [0, 0.05) is 33.2 Å². The largest absolute Gasteiger partial charge is 0.228 e. The fraction of sp³-hybridized carbons (Fsp3) is 0. The van der Waals surface area contributed by atoms with Gasteiger partial charge in [-0.1, -0.05) is 224 Å². The summed E-state index contributed by atoms with van der Waals surface area (Å²) in [5.74, 6) is 2.44. The molecule has 0 aliphatic carbocycles. The lowest BCUT2D eigenvalue weighted by Gasteiger charge is -2.18. The van der Waals surface area contributed by atoms with Crippen LogP contribution in [0.15, 0.2) is 237 Å². The summed E-state index contributed by atoms with van der Waals surface area (Å²) in [6.07, 6.45) is 0. The predicted octanol–water partition coefficient (Wildman–Crippen LogP) is 14.8. The van der Waals surface area contributed by atoms with Crippen molar-refractivity contribution in [3.8, 4) is 101 Å². The van der Waals surface area contributed by atoms with E-state index in [-0.39, 0.29) is 0 Å². The van der Waals surface area contributed by atoms with E-state index in [1.54, 1.807) is 0 Å². The number of para-hydroxylation sites is 1. The minimum Gasteiger partial charge on any atom is -0.228 e. The Morgan fingerprint density at radius 2 is 0.656 bits per heavy atom. The van der Waals surface area contributed by atoms with Crippen LogP contribution in [0.5, 0.6) is 0 Å². The fourth-order valence-corrected chi connectivity index (χ4v) is 8.54. The third-order valence-corrected chi connectivity index (χ3v) is 11.6. The number of rotatable bonds is 9. The van der Waals surface area contributed by atoms with E-state index in [0.29, 0.717) is 23.3 Å². The molecule has 2 aromatic heterocycles. The summed E-state index contributed by atoms with van der Waals surface area (Å²) in [6.45, 7) is 0. The van der Waals surface area contributed by atoms with Gasteiger partial charge >= 0.3 is 0 Å². The van der Waals surface area contributed by atoms with Crippen LogP contribution >= 0.6 is 0 Å². The highest BCUT2D eigenvalue weighted by Crippen LogP contribution is 2.43. The molecule has 2 heterocycles. The van der Waals surface area contributed by atoms with Crippen LogP contribution in [0.2, 0.25) is 0 Å². The summed E-state index contributed by atoms with van der Waals surface area (Å²) in [7, 11) is 0. The maximum atomic E-state index is 5.40. The molecule has 11 rings (SSSR count). The third kappa shape index (κ3) is 7.42. The molecule has 300 valence electrons. The van der Waals surface area contributed by atoms with Gasteiger partial charge in [0.1, 0.15) is 0 Å². The highest BCUT2D eigenvalue weighted by Gasteiger charge is 2.22. The Hall–Kier alpha value is -8.67. The molecule has 0 radical (unpaired) electrons. The first-order valence-corrected chi connectivity index (χ1v) is 21.4. The van der Waals surface area contributed by atoms with Gasteiger partial charge in [-0.15, -0.1) is 0 Å². The quantitative estimate of drug-likeness (QED) is 0.145. The minimum atomic E-state index is 0.577. The molecule has 0 aliphatic heterocycles. The van der Waals surface area contributed by atoms with Crippen molar-refractivity contribution in [2.24, 2.45) is 0 Å². The highest BCUT2D eigenvalue weighted by atomic mass is 15.0. The predicted molar refractivity (Wildman–Crippen MR) is 262 cm³/mol. The van der Waals surface area contributed by atoms with E-state index in [4.69, 9.17) is 24.9 Å². The molecule has 0 saturated carbocycles. The van der Waals surface area contributed by atoms with Crippen LogP contribution in [0.3, 0.4) is 0 Å². The van der Waals surface area contributed by atoms with Crippen molar-refractivity contribution >= 4 is 10.9 Å². The first kappa shape index (κ1) is 38.3. The Labute approximate surface area is 372 Å². The van der Waals surface area contributed by atoms with E-state index >= 15 is 0 Å². The first-order valence-electron chi connectivity index (χ1n) is 21.4. The van der Waals surface area contributed by atoms with E-state index in [2.05, 4.69) is 182 Å². The van der Waals surface area contributed by atoms with Crippen molar-refractivity contribution < 1.29 is 0 Å². The average Bonchev–Trinajstić information content (AvgIpc) is 3.39. The van der Waals surface area contributed by atoms with Gasteiger partial charge in [-0.25, -0.2) is 24.9 Å². The number of hydrogen-bond acceptors (Lipinski definition) is 5. The van der Waals surface area contributed by atoms with Crippen molar-refractivity contribution in [3.63, 3.8) is 0 Å². The smallest absolute Gasteiger partial charge is 0.165 e. The van der Waals surface area contributed by atoms with Crippen LogP contribution in [-0.4, -0.2) is 24.9 Å². The molecule has 0 bridgehead atoms. The van der Waals surface area contributed by atoms with Crippen molar-refractivity contribution in [3.05, 3.63) is 237 Å². The molecule has 0 aliphatic rings. The van der Waals surface area contributed by atoms with Gasteiger partial charge in [-0.3, -0.25) is 0 Å². The summed E-state index contributed by atoms with van der Waals surface area (Å²) in [4.78, 5) is 26.4. The molecule has 0 atom stereocenters. The van der Waals surface area contributed by atoms with Crippen LogP contribution in [0.1, 0.15) is 0 Å². The summed E-state index contributed by atoms with van der Waals surface area (Å²) >= 11 is 0. The zero-order valence-corrected chi connectivity index (χ0v) is 34.8. The molecule has 0 spiro atoms. The van der Waals surface area contributed by atoms with Crippen LogP contribution in [-0.2, 0) is 0 Å². The molecular formula is C59H39N5. The van der Waals surface area contributed by atoms with Crippen LogP contribution in [0.4, 0.5) is 0 Å². The Morgan fingerprint density at radius 3 is 1.27 bits per heavy atom. The molecule has 0 N–H and O–H groups in total. The van der Waals surface area contributed by atoms with Gasteiger partial charge in [0.15, 0.2) is 23.3 Å². The summed E-state index contributed by atoms with van der Waals surface area (Å²) in [5.41, 5.74) is 14.9. The second-order valence-electron chi connectivity index (χ2n) is 15.6. The zero-order chi connectivity index (χ0) is 42.7. The molecule has 9 aromatic carbocycles. The highest BCUT2D eigenvalue weighted by molar-refractivity contribution is 5.97. The number of fused-ring (bicyclic) bond motifs is 1. The lowest BCUT2D eigenvalue weighted by Crippen LogP contribution is -2.03. The van der Waals surface area contributed by atoms with Crippen molar-refractivity contribution in [2.45, 2.75) is 0 Å². The maximum Gasteiger partial charge on any atom is 0.165 e. The van der Waals surface area contributed by atoms with Crippen LogP contribution in [0, 0.1) is 0 Å². The van der Waals surface area contributed by atoms with Crippen molar-refractivity contribution in [2.75, 3.05) is 0 Å². The summed E-state index contributed by atoms with van der Waals surface area (Å²) in [6, 6.07) is 81.6. The second kappa shape index (κ2) is 17.0. The number of hydrogen-bond donors (Lipinski definition) is 0. The van der Waals surface area contributed by atoms with Gasteiger partial charge in [0.05, 0.1) is 11.2 Å². The second-order valence-corrected chi connectivity index (χ2v) is 15.6. The molecule has 5 nitrogen and oxygen atoms in total. The Balaban J connectivity index is 1.13. The van der Waals surface area contributed by atoms with Gasteiger partial charge < -0.3 is 0 Å². The molecule has 5 heteroatoms. The van der Waals surface area contributed by atoms with E-state index < -0.39 is 0 Å². The lowest BCUT2D eigenvalue weighted by molar-refractivity contribution is 1.07. The van der Waals surface area contributed by atoms with Crippen molar-refractivity contribution in [1.82, 2.24) is 24.9 Å². The monoisotopic (exact) mass is 817 g/mol. The third-order valence-electron chi connectivity index (χ3n) is 11.6. The maximum absolute atomic E-state index is 5.40. The molecule has 0 saturated heterocycles. The first-order chi connectivity index (χ1) is 31.7. The number of nitrogens with zero attached hydrogens (tertiary/aromatic N) is 5. The molecular weight excluding hydrogens is 779 g/mol. The van der Waals surface area contributed by atoms with E-state index in [0.717, 1.165) is 88.9 Å². The molecule has 0 amide bonds. The number of benzene rings is 9. The SMILES string of the molecule is c1ccc(-c2nc(-c3ccc(-c4ccccc4-c4nc(-c5ccccc5)c5ccccc5n4)c(-c4ccccc4)c3)nc(-c3c(-c4ccccc4)cccc3-c3ccccc3)n2)cc1. The topological polar surface area (TPSA) is 64.5 Å². The van der Waals surface area contributed by atoms with Crippen LogP contribution in [0.25, 0.3) is 112 Å². The Bertz CT molecular complexity index is 3350.